The number of nitrogens with zero attached hydrogens (tertiary/aromatic N) is 2. The molecule has 0 radical (unpaired) electrons. The molecule has 84 valence electrons. The van der Waals surface area contributed by atoms with Gasteiger partial charge in [0.15, 0.2) is 0 Å². The summed E-state index contributed by atoms with van der Waals surface area (Å²) < 4.78 is 1.10. The molecule has 0 bridgehead atoms. The lowest BCUT2D eigenvalue weighted by atomic mass is 10.2. The van der Waals surface area contributed by atoms with Crippen molar-refractivity contribution in [3.05, 3.63) is 33.2 Å². The third kappa shape index (κ3) is 2.48. The monoisotopic (exact) mass is 297 g/mol. The molecule has 2 rings (SSSR count). The molecule has 0 unspecified atom stereocenters. The standard InChI is InChI=1S/C11H12BrN3S/c1-7-2-3-8(6-9(7)12)11-15-14-10(16-11)4-5-13/h2-3,6H,4-5,13H2,1H3. The van der Waals surface area contributed by atoms with Crippen molar-refractivity contribution >= 4 is 27.3 Å². The lowest BCUT2D eigenvalue weighted by Gasteiger charge is -1.99. The number of hydrogen-bond donors (Lipinski definition) is 1. The first kappa shape index (κ1) is 11.7. The first-order valence-corrected chi connectivity index (χ1v) is 6.60. The van der Waals surface area contributed by atoms with Gasteiger partial charge in [0, 0.05) is 16.5 Å². The lowest BCUT2D eigenvalue weighted by molar-refractivity contribution is 0.913. The van der Waals surface area contributed by atoms with Crippen LogP contribution in [-0.4, -0.2) is 16.7 Å². The second-order valence-corrected chi connectivity index (χ2v) is 5.42. The fourth-order valence-electron chi connectivity index (χ4n) is 1.32. The van der Waals surface area contributed by atoms with Crippen LogP contribution in [0.15, 0.2) is 22.7 Å². The highest BCUT2D eigenvalue weighted by Crippen LogP contribution is 2.27. The van der Waals surface area contributed by atoms with Gasteiger partial charge in [-0.15, -0.1) is 10.2 Å². The highest BCUT2D eigenvalue weighted by Gasteiger charge is 2.07. The maximum absolute atomic E-state index is 5.48. The molecular weight excluding hydrogens is 286 g/mol. The normalized spacial score (nSPS) is 10.7. The second kappa shape index (κ2) is 5.03. The Bertz CT molecular complexity index is 496. The molecule has 0 amide bonds. The van der Waals surface area contributed by atoms with Gasteiger partial charge in [0.1, 0.15) is 10.0 Å². The maximum Gasteiger partial charge on any atom is 0.147 e. The fourth-order valence-corrected chi connectivity index (χ4v) is 2.55. The van der Waals surface area contributed by atoms with Gasteiger partial charge < -0.3 is 5.73 Å². The molecule has 0 saturated carbocycles. The Balaban J connectivity index is 2.31. The zero-order valence-corrected chi connectivity index (χ0v) is 11.3. The van der Waals surface area contributed by atoms with Crippen LogP contribution < -0.4 is 5.73 Å². The van der Waals surface area contributed by atoms with Gasteiger partial charge in [-0.3, -0.25) is 0 Å². The van der Waals surface area contributed by atoms with Crippen molar-refractivity contribution in [3.63, 3.8) is 0 Å². The van der Waals surface area contributed by atoms with Crippen LogP contribution in [0.4, 0.5) is 0 Å². The first-order chi connectivity index (χ1) is 7.70. The minimum atomic E-state index is 0.617. The molecule has 0 saturated heterocycles. The summed E-state index contributed by atoms with van der Waals surface area (Å²) >= 11 is 5.12. The Labute approximate surface area is 107 Å². The van der Waals surface area contributed by atoms with Crippen molar-refractivity contribution in [3.8, 4) is 10.6 Å². The summed E-state index contributed by atoms with van der Waals surface area (Å²) in [5.41, 5.74) is 7.80. The Morgan fingerprint density at radius 2 is 2.19 bits per heavy atom. The predicted octanol–water partition coefficient (Wildman–Crippen LogP) is 2.78. The topological polar surface area (TPSA) is 51.8 Å². The Morgan fingerprint density at radius 1 is 1.38 bits per heavy atom. The molecule has 0 spiro atoms. The molecular formula is C11H12BrN3S. The van der Waals surface area contributed by atoms with Crippen LogP contribution in [0.25, 0.3) is 10.6 Å². The van der Waals surface area contributed by atoms with Gasteiger partial charge in [-0.1, -0.05) is 39.4 Å². The fraction of sp³-hybridized carbons (Fsp3) is 0.273. The third-order valence-electron chi connectivity index (χ3n) is 2.24. The summed E-state index contributed by atoms with van der Waals surface area (Å²) in [4.78, 5) is 0. The molecule has 2 N–H and O–H groups in total. The SMILES string of the molecule is Cc1ccc(-c2nnc(CCN)s2)cc1Br. The Morgan fingerprint density at radius 3 is 2.88 bits per heavy atom. The minimum absolute atomic E-state index is 0.617. The highest BCUT2D eigenvalue weighted by atomic mass is 79.9. The van der Waals surface area contributed by atoms with E-state index in [9.17, 15) is 0 Å². The molecule has 0 aliphatic heterocycles. The van der Waals surface area contributed by atoms with Crippen LogP contribution in [0.2, 0.25) is 0 Å². The molecule has 1 aromatic carbocycles. The number of hydrogen-bond acceptors (Lipinski definition) is 4. The average Bonchev–Trinajstić information content (AvgIpc) is 2.71. The number of rotatable bonds is 3. The summed E-state index contributed by atoms with van der Waals surface area (Å²) in [5, 5.41) is 10.2. The molecule has 1 heterocycles. The van der Waals surface area contributed by atoms with Gasteiger partial charge >= 0.3 is 0 Å². The summed E-state index contributed by atoms with van der Waals surface area (Å²) in [5.74, 6) is 0. The minimum Gasteiger partial charge on any atom is -0.330 e. The van der Waals surface area contributed by atoms with E-state index in [1.165, 1.54) is 5.56 Å². The second-order valence-electron chi connectivity index (χ2n) is 3.50. The largest absolute Gasteiger partial charge is 0.330 e. The molecule has 16 heavy (non-hydrogen) atoms. The molecule has 0 aliphatic carbocycles. The predicted molar refractivity (Wildman–Crippen MR) is 70.5 cm³/mol. The number of nitrogens with two attached hydrogens (primary N) is 1. The zero-order valence-electron chi connectivity index (χ0n) is 8.90. The van der Waals surface area contributed by atoms with Crippen LogP contribution in [0.5, 0.6) is 0 Å². The van der Waals surface area contributed by atoms with E-state index in [1.54, 1.807) is 11.3 Å². The van der Waals surface area contributed by atoms with Crippen LogP contribution in [0, 0.1) is 6.92 Å². The van der Waals surface area contributed by atoms with E-state index >= 15 is 0 Å². The number of aryl methyl sites for hydroxylation is 1. The molecule has 0 atom stereocenters. The molecule has 2 aromatic rings. The van der Waals surface area contributed by atoms with Crippen LogP contribution in [0.1, 0.15) is 10.6 Å². The highest BCUT2D eigenvalue weighted by molar-refractivity contribution is 9.10. The van der Waals surface area contributed by atoms with Gasteiger partial charge in [-0.05, 0) is 25.1 Å². The van der Waals surface area contributed by atoms with Crippen molar-refractivity contribution in [1.82, 2.24) is 10.2 Å². The maximum atomic E-state index is 5.48. The van der Waals surface area contributed by atoms with Crippen molar-refractivity contribution in [2.45, 2.75) is 13.3 Å². The van der Waals surface area contributed by atoms with Gasteiger partial charge in [0.05, 0.1) is 0 Å². The molecule has 5 heteroatoms. The smallest absolute Gasteiger partial charge is 0.147 e. The summed E-state index contributed by atoms with van der Waals surface area (Å²) in [6.07, 6.45) is 0.796. The van der Waals surface area contributed by atoms with E-state index in [0.717, 1.165) is 26.5 Å². The molecule has 1 aromatic heterocycles. The Kier molecular flexibility index (Phi) is 3.68. The number of aromatic nitrogens is 2. The van der Waals surface area contributed by atoms with E-state index in [0.29, 0.717) is 6.54 Å². The van der Waals surface area contributed by atoms with Crippen molar-refractivity contribution in [2.75, 3.05) is 6.54 Å². The average molecular weight is 298 g/mol. The Hall–Kier alpha value is -0.780. The van der Waals surface area contributed by atoms with Gasteiger partial charge in [0.25, 0.3) is 0 Å². The van der Waals surface area contributed by atoms with E-state index in [1.807, 2.05) is 0 Å². The van der Waals surface area contributed by atoms with Gasteiger partial charge in [-0.25, -0.2) is 0 Å². The van der Waals surface area contributed by atoms with E-state index < -0.39 is 0 Å². The van der Waals surface area contributed by atoms with Gasteiger partial charge in [0.2, 0.25) is 0 Å². The quantitative estimate of drug-likeness (QED) is 0.948. The summed E-state index contributed by atoms with van der Waals surface area (Å²) in [7, 11) is 0. The molecule has 0 fully saturated rings. The summed E-state index contributed by atoms with van der Waals surface area (Å²) in [6.45, 7) is 2.68. The molecule has 3 nitrogen and oxygen atoms in total. The third-order valence-corrected chi connectivity index (χ3v) is 4.13. The van der Waals surface area contributed by atoms with Crippen LogP contribution >= 0.6 is 27.3 Å². The van der Waals surface area contributed by atoms with Gasteiger partial charge in [-0.2, -0.15) is 0 Å². The zero-order chi connectivity index (χ0) is 11.5. The first-order valence-electron chi connectivity index (χ1n) is 4.99. The van der Waals surface area contributed by atoms with E-state index in [2.05, 4.69) is 51.3 Å². The van der Waals surface area contributed by atoms with Crippen molar-refractivity contribution < 1.29 is 0 Å². The molecule has 0 aliphatic rings. The van der Waals surface area contributed by atoms with E-state index in [-0.39, 0.29) is 0 Å². The summed E-state index contributed by atoms with van der Waals surface area (Å²) in [6, 6.07) is 6.21. The van der Waals surface area contributed by atoms with E-state index in [4.69, 9.17) is 5.73 Å². The van der Waals surface area contributed by atoms with Crippen LogP contribution in [0.3, 0.4) is 0 Å². The number of benzene rings is 1. The van der Waals surface area contributed by atoms with Crippen LogP contribution in [-0.2, 0) is 6.42 Å². The lowest BCUT2D eigenvalue weighted by Crippen LogP contribution is -2.01. The van der Waals surface area contributed by atoms with Crippen molar-refractivity contribution in [1.29, 1.82) is 0 Å². The number of halogens is 1. The van der Waals surface area contributed by atoms with Crippen molar-refractivity contribution in [2.24, 2.45) is 5.73 Å².